The van der Waals surface area contributed by atoms with Crippen molar-refractivity contribution < 1.29 is 0 Å². The number of nitrogens with zero attached hydrogens (tertiary/aromatic N) is 1. The smallest absolute Gasteiger partial charge is 0.297 e. The van der Waals surface area contributed by atoms with Crippen molar-refractivity contribution in [3.8, 4) is 0 Å². The molecule has 1 N–H and O–H groups in total. The monoisotopic (exact) mass is 300 g/mol. The van der Waals surface area contributed by atoms with Crippen LogP contribution in [0.1, 0.15) is 70.9 Å². The van der Waals surface area contributed by atoms with Crippen LogP contribution < -0.4 is 11.2 Å². The number of hydrogen-bond donors (Lipinski definition) is 1. The lowest BCUT2D eigenvalue weighted by atomic mass is 10.1. The Hall–Kier alpha value is -1.03. The number of H-pyrrole nitrogens is 1. The number of rotatable bonds is 8. The van der Waals surface area contributed by atoms with Crippen LogP contribution in [0.4, 0.5) is 0 Å². The van der Waals surface area contributed by atoms with Crippen LogP contribution in [0.2, 0.25) is 5.15 Å². The Kier molecular flexibility index (Phi) is 7.06. The molecule has 4 nitrogen and oxygen atoms in total. The van der Waals surface area contributed by atoms with Gasteiger partial charge < -0.3 is 0 Å². The first-order valence-electron chi connectivity index (χ1n) is 7.56. The first-order valence-corrected chi connectivity index (χ1v) is 7.93. The van der Waals surface area contributed by atoms with E-state index in [4.69, 9.17) is 11.6 Å². The van der Waals surface area contributed by atoms with Crippen molar-refractivity contribution in [2.24, 2.45) is 0 Å². The molecule has 5 heteroatoms. The molecule has 1 heterocycles. The lowest BCUT2D eigenvalue weighted by molar-refractivity contribution is 0.442. The highest BCUT2D eigenvalue weighted by molar-refractivity contribution is 6.30. The van der Waals surface area contributed by atoms with Crippen LogP contribution >= 0.6 is 11.6 Å². The van der Waals surface area contributed by atoms with Gasteiger partial charge in [-0.2, -0.15) is 0 Å². The highest BCUT2D eigenvalue weighted by atomic mass is 35.5. The van der Waals surface area contributed by atoms with Crippen molar-refractivity contribution in [1.82, 2.24) is 9.55 Å². The minimum absolute atomic E-state index is 0.0871. The summed E-state index contributed by atoms with van der Waals surface area (Å²) in [5.74, 6) is 0. The molecular formula is C15H25ClN2O2. The SMILES string of the molecule is CCCCCCC(C)n1c(=O)[nH]c(Cl)c(CCC)c1=O. The molecule has 0 bridgehead atoms. The van der Waals surface area contributed by atoms with E-state index in [0.29, 0.717) is 12.0 Å². The molecule has 1 aromatic heterocycles. The Balaban J connectivity index is 2.96. The number of nitrogens with one attached hydrogen (secondary N) is 1. The molecular weight excluding hydrogens is 276 g/mol. The standard InChI is InChI=1S/C15H25ClN2O2/c1-4-6-7-8-10-11(3)18-14(19)12(9-5-2)13(16)17-15(18)20/h11H,4-10H2,1-3H3,(H,17,20). The number of hydrogen-bond acceptors (Lipinski definition) is 2. The molecule has 0 aliphatic heterocycles. The molecule has 0 amide bonds. The second-order valence-electron chi connectivity index (χ2n) is 5.35. The number of aromatic amines is 1. The zero-order valence-corrected chi connectivity index (χ0v) is 13.4. The van der Waals surface area contributed by atoms with Crippen molar-refractivity contribution in [3.05, 3.63) is 31.6 Å². The van der Waals surface area contributed by atoms with E-state index in [0.717, 1.165) is 25.7 Å². The maximum Gasteiger partial charge on any atom is 0.329 e. The summed E-state index contributed by atoms with van der Waals surface area (Å²) in [6, 6.07) is -0.0871. The molecule has 1 unspecified atom stereocenters. The molecule has 114 valence electrons. The molecule has 0 saturated heterocycles. The fourth-order valence-corrected chi connectivity index (χ4v) is 2.68. The number of unbranched alkanes of at least 4 members (excludes halogenated alkanes) is 3. The van der Waals surface area contributed by atoms with Gasteiger partial charge >= 0.3 is 5.69 Å². The first-order chi connectivity index (χ1) is 9.52. The summed E-state index contributed by atoms with van der Waals surface area (Å²) in [4.78, 5) is 26.9. The molecule has 1 rings (SSSR count). The predicted molar refractivity (Wildman–Crippen MR) is 83.8 cm³/mol. The van der Waals surface area contributed by atoms with Crippen molar-refractivity contribution >= 4 is 11.6 Å². The second-order valence-corrected chi connectivity index (χ2v) is 5.72. The fraction of sp³-hybridized carbons (Fsp3) is 0.733. The van der Waals surface area contributed by atoms with Crippen molar-refractivity contribution in [1.29, 1.82) is 0 Å². The Morgan fingerprint density at radius 3 is 2.45 bits per heavy atom. The summed E-state index contributed by atoms with van der Waals surface area (Å²) in [6.45, 7) is 6.07. The van der Waals surface area contributed by atoms with Gasteiger partial charge in [0.2, 0.25) is 0 Å². The van der Waals surface area contributed by atoms with Crippen LogP contribution in [0.3, 0.4) is 0 Å². The van der Waals surface area contributed by atoms with Gasteiger partial charge in [0.25, 0.3) is 5.56 Å². The van der Waals surface area contributed by atoms with Gasteiger partial charge in [-0.15, -0.1) is 0 Å². The lowest BCUT2D eigenvalue weighted by Gasteiger charge is -2.15. The van der Waals surface area contributed by atoms with Gasteiger partial charge in [-0.25, -0.2) is 4.79 Å². The Bertz CT molecular complexity index is 534. The average Bonchev–Trinajstić information content (AvgIpc) is 2.39. The van der Waals surface area contributed by atoms with Crippen LogP contribution in [0.25, 0.3) is 0 Å². The van der Waals surface area contributed by atoms with Gasteiger partial charge in [0.05, 0.1) is 5.56 Å². The van der Waals surface area contributed by atoms with E-state index < -0.39 is 5.69 Å². The van der Waals surface area contributed by atoms with Crippen molar-refractivity contribution in [3.63, 3.8) is 0 Å². The van der Waals surface area contributed by atoms with E-state index in [9.17, 15) is 9.59 Å². The highest BCUT2D eigenvalue weighted by Crippen LogP contribution is 2.14. The van der Waals surface area contributed by atoms with Gasteiger partial charge in [-0.05, 0) is 19.8 Å². The summed E-state index contributed by atoms with van der Waals surface area (Å²) in [5, 5.41) is 0.191. The summed E-state index contributed by atoms with van der Waals surface area (Å²) in [7, 11) is 0. The maximum atomic E-state index is 12.4. The molecule has 1 aromatic rings. The van der Waals surface area contributed by atoms with Crippen LogP contribution in [-0.2, 0) is 6.42 Å². The molecule has 0 aliphatic carbocycles. The second kappa shape index (κ2) is 8.30. The molecule has 0 aromatic carbocycles. The topological polar surface area (TPSA) is 54.9 Å². The van der Waals surface area contributed by atoms with Gasteiger partial charge in [0, 0.05) is 6.04 Å². The van der Waals surface area contributed by atoms with Gasteiger partial charge in [-0.1, -0.05) is 57.6 Å². The van der Waals surface area contributed by atoms with E-state index in [1.54, 1.807) is 0 Å². The average molecular weight is 301 g/mol. The van der Waals surface area contributed by atoms with E-state index in [1.165, 1.54) is 17.4 Å². The van der Waals surface area contributed by atoms with E-state index in [1.807, 2.05) is 13.8 Å². The predicted octanol–water partition coefficient (Wildman–Crippen LogP) is 3.67. The van der Waals surface area contributed by atoms with Crippen molar-refractivity contribution in [2.75, 3.05) is 0 Å². The summed E-state index contributed by atoms with van der Waals surface area (Å²) >= 11 is 5.97. The van der Waals surface area contributed by atoms with E-state index in [2.05, 4.69) is 11.9 Å². The zero-order valence-electron chi connectivity index (χ0n) is 12.7. The largest absolute Gasteiger partial charge is 0.329 e. The normalized spacial score (nSPS) is 12.6. The lowest BCUT2D eigenvalue weighted by Crippen LogP contribution is -2.39. The fourth-order valence-electron chi connectivity index (χ4n) is 2.42. The third-order valence-corrected chi connectivity index (χ3v) is 3.92. The van der Waals surface area contributed by atoms with Crippen LogP contribution in [0, 0.1) is 0 Å². The van der Waals surface area contributed by atoms with Crippen molar-refractivity contribution in [2.45, 2.75) is 71.8 Å². The molecule has 1 atom stereocenters. The molecule has 0 saturated carbocycles. The highest BCUT2D eigenvalue weighted by Gasteiger charge is 2.16. The maximum absolute atomic E-state index is 12.4. The number of halogens is 1. The Morgan fingerprint density at radius 1 is 1.15 bits per heavy atom. The minimum Gasteiger partial charge on any atom is -0.297 e. The summed E-state index contributed by atoms with van der Waals surface area (Å²) < 4.78 is 1.32. The summed E-state index contributed by atoms with van der Waals surface area (Å²) in [5.41, 5.74) is -0.111. The van der Waals surface area contributed by atoms with Gasteiger partial charge in [0.1, 0.15) is 5.15 Å². The van der Waals surface area contributed by atoms with Crippen LogP contribution in [-0.4, -0.2) is 9.55 Å². The third-order valence-electron chi connectivity index (χ3n) is 3.59. The summed E-state index contributed by atoms with van der Waals surface area (Å²) in [6.07, 6.45) is 6.81. The Labute approximate surface area is 125 Å². The quantitative estimate of drug-likeness (QED) is 0.588. The van der Waals surface area contributed by atoms with Crippen LogP contribution in [0.5, 0.6) is 0 Å². The van der Waals surface area contributed by atoms with E-state index >= 15 is 0 Å². The van der Waals surface area contributed by atoms with Gasteiger partial charge in [0.15, 0.2) is 0 Å². The van der Waals surface area contributed by atoms with Crippen LogP contribution in [0.15, 0.2) is 9.59 Å². The van der Waals surface area contributed by atoms with Gasteiger partial charge in [-0.3, -0.25) is 14.3 Å². The third kappa shape index (κ3) is 4.23. The molecule has 20 heavy (non-hydrogen) atoms. The molecule has 0 spiro atoms. The van der Waals surface area contributed by atoms with E-state index in [-0.39, 0.29) is 16.8 Å². The minimum atomic E-state index is -0.400. The first kappa shape index (κ1) is 17.0. The Morgan fingerprint density at radius 2 is 1.85 bits per heavy atom. The zero-order chi connectivity index (χ0) is 15.1. The molecule has 0 radical (unpaired) electrons. The number of aromatic nitrogens is 2. The molecule has 0 fully saturated rings. The molecule has 0 aliphatic rings.